The third-order valence-electron chi connectivity index (χ3n) is 5.91. The van der Waals surface area contributed by atoms with E-state index in [0.717, 1.165) is 32.1 Å². The number of thiazole rings is 1. The van der Waals surface area contributed by atoms with E-state index < -0.39 is 0 Å². The number of carbonyl (C=O) groups excluding carboxylic acids is 1. The summed E-state index contributed by atoms with van der Waals surface area (Å²) in [5.74, 6) is 0.216. The first-order valence-corrected chi connectivity index (χ1v) is 14.4. The standard InChI is InChI=1S/C31H21BrClN5O2S/c32-25-9-14-29(40-18-23-4-2-1-3-22(23)16-34)24(15-25)17-35-38-30(39)21-7-5-20(6-8-21)28-19-41-31(37-28)36-27-12-10-26(33)11-13-27/h1-15,17,19H,18H2,(H,36,37)(H,38,39)/b35-17-. The summed E-state index contributed by atoms with van der Waals surface area (Å²) < 4.78 is 6.80. The van der Waals surface area contributed by atoms with Gasteiger partial charge in [0.1, 0.15) is 12.4 Å². The number of halogens is 2. The molecular formula is C31H21BrClN5O2S. The zero-order valence-corrected chi connectivity index (χ0v) is 24.5. The van der Waals surface area contributed by atoms with Gasteiger partial charge in [0.05, 0.1) is 23.5 Å². The maximum atomic E-state index is 12.7. The number of nitriles is 1. The van der Waals surface area contributed by atoms with E-state index in [1.165, 1.54) is 17.6 Å². The van der Waals surface area contributed by atoms with Gasteiger partial charge in [-0.25, -0.2) is 10.4 Å². The van der Waals surface area contributed by atoms with Crippen LogP contribution in [0.3, 0.4) is 0 Å². The lowest BCUT2D eigenvalue weighted by atomic mass is 10.1. The fourth-order valence-electron chi connectivity index (χ4n) is 3.80. The van der Waals surface area contributed by atoms with Crippen LogP contribution in [0.1, 0.15) is 27.0 Å². The number of aromatic nitrogens is 1. The molecule has 0 aliphatic heterocycles. The molecule has 0 fully saturated rings. The molecule has 41 heavy (non-hydrogen) atoms. The maximum absolute atomic E-state index is 12.7. The van der Waals surface area contributed by atoms with Gasteiger partial charge in [0.25, 0.3) is 5.91 Å². The molecular weight excluding hydrogens is 622 g/mol. The highest BCUT2D eigenvalue weighted by Gasteiger charge is 2.10. The molecule has 10 heteroatoms. The Morgan fingerprint density at radius 3 is 2.63 bits per heavy atom. The molecule has 0 bridgehead atoms. The van der Waals surface area contributed by atoms with Crippen LogP contribution in [0.15, 0.2) is 106 Å². The summed E-state index contributed by atoms with van der Waals surface area (Å²) in [6, 6.07) is 29.5. The Labute approximate surface area is 254 Å². The highest BCUT2D eigenvalue weighted by Crippen LogP contribution is 2.28. The van der Waals surface area contributed by atoms with Crippen molar-refractivity contribution in [1.82, 2.24) is 10.4 Å². The minimum absolute atomic E-state index is 0.225. The van der Waals surface area contributed by atoms with Gasteiger partial charge in [-0.2, -0.15) is 10.4 Å². The van der Waals surface area contributed by atoms with Crippen LogP contribution in [-0.2, 0) is 6.61 Å². The van der Waals surface area contributed by atoms with Crippen molar-refractivity contribution < 1.29 is 9.53 Å². The van der Waals surface area contributed by atoms with Gasteiger partial charge in [-0.3, -0.25) is 4.79 Å². The topological polar surface area (TPSA) is 99.4 Å². The highest BCUT2D eigenvalue weighted by atomic mass is 79.9. The largest absolute Gasteiger partial charge is 0.488 e. The van der Waals surface area contributed by atoms with Crippen molar-refractivity contribution in [3.8, 4) is 23.1 Å². The molecule has 0 radical (unpaired) electrons. The summed E-state index contributed by atoms with van der Waals surface area (Å²) >= 11 is 10.9. The summed E-state index contributed by atoms with van der Waals surface area (Å²) in [7, 11) is 0. The molecule has 1 aromatic heterocycles. The molecule has 7 nitrogen and oxygen atoms in total. The van der Waals surface area contributed by atoms with Gasteiger partial charge in [0.2, 0.25) is 0 Å². The number of anilines is 2. The van der Waals surface area contributed by atoms with Crippen LogP contribution < -0.4 is 15.5 Å². The molecule has 0 aliphatic rings. The van der Waals surface area contributed by atoms with Crippen molar-refractivity contribution in [3.63, 3.8) is 0 Å². The number of amides is 1. The Morgan fingerprint density at radius 2 is 1.85 bits per heavy atom. The van der Waals surface area contributed by atoms with Gasteiger partial charge in [-0.15, -0.1) is 11.3 Å². The monoisotopic (exact) mass is 641 g/mol. The molecule has 5 aromatic rings. The molecule has 0 aliphatic carbocycles. The second kappa shape index (κ2) is 13.2. The van der Waals surface area contributed by atoms with Crippen LogP contribution >= 0.6 is 38.9 Å². The highest BCUT2D eigenvalue weighted by molar-refractivity contribution is 9.10. The number of nitrogens with one attached hydrogen (secondary N) is 2. The molecule has 0 saturated carbocycles. The Morgan fingerprint density at radius 1 is 1.07 bits per heavy atom. The van der Waals surface area contributed by atoms with Gasteiger partial charge in [-0.05, 0) is 60.7 Å². The molecule has 0 atom stereocenters. The first kappa shape index (κ1) is 28.1. The van der Waals surface area contributed by atoms with Crippen LogP contribution in [0.2, 0.25) is 5.02 Å². The van der Waals surface area contributed by atoms with Crippen LogP contribution in [-0.4, -0.2) is 17.1 Å². The molecule has 0 spiro atoms. The van der Waals surface area contributed by atoms with E-state index in [9.17, 15) is 10.1 Å². The van der Waals surface area contributed by atoms with Crippen LogP contribution in [0.4, 0.5) is 10.8 Å². The SMILES string of the molecule is N#Cc1ccccc1COc1ccc(Br)cc1/C=N\NC(=O)c1ccc(-c2csc(Nc3ccc(Cl)cc3)n2)cc1. The van der Waals surface area contributed by atoms with Gasteiger partial charge < -0.3 is 10.1 Å². The molecule has 1 heterocycles. The van der Waals surface area contributed by atoms with E-state index in [0.29, 0.717) is 27.5 Å². The number of benzene rings is 4. The van der Waals surface area contributed by atoms with Crippen molar-refractivity contribution in [2.75, 3.05) is 5.32 Å². The molecule has 4 aromatic carbocycles. The first-order chi connectivity index (χ1) is 20.0. The summed E-state index contributed by atoms with van der Waals surface area (Å²) in [6.45, 7) is 0.225. The lowest BCUT2D eigenvalue weighted by molar-refractivity contribution is 0.0955. The number of ether oxygens (including phenoxy) is 1. The Balaban J connectivity index is 1.20. The zero-order valence-electron chi connectivity index (χ0n) is 21.3. The summed E-state index contributed by atoms with van der Waals surface area (Å²) in [4.78, 5) is 17.4. The maximum Gasteiger partial charge on any atom is 0.271 e. The van der Waals surface area contributed by atoms with Gasteiger partial charge in [0.15, 0.2) is 5.13 Å². The zero-order chi connectivity index (χ0) is 28.6. The molecule has 2 N–H and O–H groups in total. The number of rotatable bonds is 9. The van der Waals surface area contributed by atoms with Crippen molar-refractivity contribution >= 4 is 61.8 Å². The van der Waals surface area contributed by atoms with Crippen molar-refractivity contribution in [1.29, 1.82) is 5.26 Å². The molecule has 0 unspecified atom stereocenters. The average molecular weight is 643 g/mol. The molecule has 202 valence electrons. The van der Waals surface area contributed by atoms with E-state index >= 15 is 0 Å². The second-order valence-corrected chi connectivity index (χ2v) is 10.9. The minimum atomic E-state index is -0.350. The fourth-order valence-corrected chi connectivity index (χ4v) is 5.04. The fraction of sp³-hybridized carbons (Fsp3) is 0.0323. The van der Waals surface area contributed by atoms with E-state index in [1.807, 2.05) is 72.1 Å². The number of hydrogen-bond donors (Lipinski definition) is 2. The Bertz CT molecular complexity index is 1750. The van der Waals surface area contributed by atoms with Gasteiger partial charge in [0, 0.05) is 42.8 Å². The van der Waals surface area contributed by atoms with E-state index in [1.54, 1.807) is 24.3 Å². The Hall–Kier alpha value is -4.49. The third kappa shape index (κ3) is 7.38. The van der Waals surface area contributed by atoms with Crippen LogP contribution in [0, 0.1) is 11.3 Å². The number of hydrazone groups is 1. The first-order valence-electron chi connectivity index (χ1n) is 12.3. The average Bonchev–Trinajstić information content (AvgIpc) is 3.46. The minimum Gasteiger partial charge on any atom is -0.488 e. The van der Waals surface area contributed by atoms with Crippen molar-refractivity contribution in [2.45, 2.75) is 6.61 Å². The number of carbonyl (C=O) groups is 1. The predicted molar refractivity (Wildman–Crippen MR) is 167 cm³/mol. The molecule has 0 saturated heterocycles. The molecule has 5 rings (SSSR count). The second-order valence-electron chi connectivity index (χ2n) is 8.69. The van der Waals surface area contributed by atoms with E-state index in [-0.39, 0.29) is 12.5 Å². The smallest absolute Gasteiger partial charge is 0.271 e. The van der Waals surface area contributed by atoms with Crippen molar-refractivity contribution in [3.05, 3.63) is 128 Å². The summed E-state index contributed by atoms with van der Waals surface area (Å²) in [5.41, 5.74) is 7.61. The van der Waals surface area contributed by atoms with E-state index in [4.69, 9.17) is 16.3 Å². The Kier molecular flexibility index (Phi) is 9.06. The third-order valence-corrected chi connectivity index (χ3v) is 7.41. The van der Waals surface area contributed by atoms with Gasteiger partial charge in [-0.1, -0.05) is 57.9 Å². The van der Waals surface area contributed by atoms with Gasteiger partial charge >= 0.3 is 0 Å². The quantitative estimate of drug-likeness (QED) is 0.125. The van der Waals surface area contributed by atoms with E-state index in [2.05, 4.69) is 42.8 Å². The lowest BCUT2D eigenvalue weighted by Gasteiger charge is -2.10. The predicted octanol–water partition coefficient (Wildman–Crippen LogP) is 8.18. The molecule has 1 amide bonds. The number of nitrogens with zero attached hydrogens (tertiary/aromatic N) is 3. The number of hydrogen-bond acceptors (Lipinski definition) is 7. The normalized spacial score (nSPS) is 10.8. The summed E-state index contributed by atoms with van der Waals surface area (Å²) in [6.07, 6.45) is 1.52. The van der Waals surface area contributed by atoms with Crippen LogP contribution in [0.25, 0.3) is 11.3 Å². The van der Waals surface area contributed by atoms with Crippen LogP contribution in [0.5, 0.6) is 5.75 Å². The summed E-state index contributed by atoms with van der Waals surface area (Å²) in [5, 5.41) is 20.1. The van der Waals surface area contributed by atoms with Crippen molar-refractivity contribution in [2.24, 2.45) is 5.10 Å². The lowest BCUT2D eigenvalue weighted by Crippen LogP contribution is -2.17.